The lowest BCUT2D eigenvalue weighted by molar-refractivity contribution is 0.259. The lowest BCUT2D eigenvalue weighted by atomic mass is 10.1. The number of primary amides is 1. The van der Waals surface area contributed by atoms with Gasteiger partial charge in [-0.1, -0.05) is 26.0 Å². The van der Waals surface area contributed by atoms with E-state index in [-0.39, 0.29) is 0 Å². The molecule has 1 aromatic heterocycles. The molecule has 0 unspecified atom stereocenters. The van der Waals surface area contributed by atoms with Crippen LogP contribution in [0.15, 0.2) is 36.4 Å². The Hall–Kier alpha value is -2.23. The van der Waals surface area contributed by atoms with Crippen molar-refractivity contribution in [3.8, 4) is 0 Å². The van der Waals surface area contributed by atoms with Gasteiger partial charge in [0, 0.05) is 30.0 Å². The molecule has 1 heterocycles. The zero-order chi connectivity index (χ0) is 15.2. The van der Waals surface area contributed by atoms with Crippen molar-refractivity contribution < 1.29 is 4.79 Å². The number of carbonyl (C=O) groups is 1. The predicted molar refractivity (Wildman–Crippen MR) is 86.6 cm³/mol. The molecule has 0 aliphatic carbocycles. The number of anilines is 1. The molecule has 21 heavy (non-hydrogen) atoms. The van der Waals surface area contributed by atoms with E-state index in [9.17, 15) is 4.79 Å². The first-order chi connectivity index (χ1) is 10.1. The summed E-state index contributed by atoms with van der Waals surface area (Å²) in [4.78, 5) is 10.9. The summed E-state index contributed by atoms with van der Waals surface area (Å²) in [5, 5.41) is 2.62. The second kappa shape index (κ2) is 6.97. The maximum Gasteiger partial charge on any atom is 0.316 e. The molecule has 112 valence electrons. The van der Waals surface area contributed by atoms with Crippen LogP contribution in [-0.2, 0) is 19.4 Å². The van der Waals surface area contributed by atoms with Crippen molar-refractivity contribution in [2.45, 2.75) is 39.7 Å². The summed E-state index contributed by atoms with van der Waals surface area (Å²) in [6, 6.07) is 11.7. The van der Waals surface area contributed by atoms with Crippen LogP contribution in [0.5, 0.6) is 0 Å². The average molecular weight is 285 g/mol. The highest BCUT2D eigenvalue weighted by Crippen LogP contribution is 2.18. The number of aryl methyl sites for hydroxylation is 1. The minimum atomic E-state index is -0.533. The van der Waals surface area contributed by atoms with E-state index in [0.717, 1.165) is 31.5 Å². The summed E-state index contributed by atoms with van der Waals surface area (Å²) in [5.41, 5.74) is 9.75. The lowest BCUT2D eigenvalue weighted by Gasteiger charge is -2.12. The van der Waals surface area contributed by atoms with Crippen molar-refractivity contribution in [1.29, 1.82) is 0 Å². The second-order valence-corrected chi connectivity index (χ2v) is 5.19. The third kappa shape index (κ3) is 3.88. The molecular formula is C17H23N3O. The van der Waals surface area contributed by atoms with Gasteiger partial charge in [-0.3, -0.25) is 0 Å². The van der Waals surface area contributed by atoms with Crippen molar-refractivity contribution in [1.82, 2.24) is 4.57 Å². The molecule has 0 saturated heterocycles. The van der Waals surface area contributed by atoms with Crippen molar-refractivity contribution in [2.24, 2.45) is 5.73 Å². The standard InChI is InChI=1S/C17H23N3O/c1-3-10-20-15(4-2)8-9-16(20)12-13-6-5-7-14(11-13)19-17(18)21/h5-9,11H,3-4,10,12H2,1-2H3,(H3,18,19,21). The Morgan fingerprint density at radius 1 is 1.19 bits per heavy atom. The Labute approximate surface area is 126 Å². The number of rotatable bonds is 6. The number of carbonyl (C=O) groups excluding carboxylic acids is 1. The summed E-state index contributed by atoms with van der Waals surface area (Å²) in [6.45, 7) is 5.42. The van der Waals surface area contributed by atoms with Gasteiger partial charge in [-0.25, -0.2) is 4.79 Å². The summed E-state index contributed by atoms with van der Waals surface area (Å²) in [5.74, 6) is 0. The number of nitrogens with one attached hydrogen (secondary N) is 1. The van der Waals surface area contributed by atoms with Crippen molar-refractivity contribution in [3.63, 3.8) is 0 Å². The van der Waals surface area contributed by atoms with Gasteiger partial charge in [0.25, 0.3) is 0 Å². The van der Waals surface area contributed by atoms with Gasteiger partial charge in [0.1, 0.15) is 0 Å². The summed E-state index contributed by atoms with van der Waals surface area (Å²) < 4.78 is 2.40. The van der Waals surface area contributed by atoms with Gasteiger partial charge in [0.2, 0.25) is 0 Å². The van der Waals surface area contributed by atoms with Gasteiger partial charge in [0.15, 0.2) is 0 Å². The first kappa shape index (κ1) is 15.2. The Bertz CT molecular complexity index is 616. The molecule has 2 amide bonds. The molecule has 4 heteroatoms. The van der Waals surface area contributed by atoms with E-state index in [0.29, 0.717) is 0 Å². The Balaban J connectivity index is 2.21. The van der Waals surface area contributed by atoms with Crippen LogP contribution in [-0.4, -0.2) is 10.6 Å². The Morgan fingerprint density at radius 3 is 2.62 bits per heavy atom. The number of hydrogen-bond donors (Lipinski definition) is 2. The molecule has 0 atom stereocenters. The normalized spacial score (nSPS) is 10.6. The van der Waals surface area contributed by atoms with E-state index in [4.69, 9.17) is 5.73 Å². The largest absolute Gasteiger partial charge is 0.351 e. The van der Waals surface area contributed by atoms with Gasteiger partial charge in [0.05, 0.1) is 0 Å². The van der Waals surface area contributed by atoms with Gasteiger partial charge in [-0.15, -0.1) is 0 Å². The van der Waals surface area contributed by atoms with E-state index < -0.39 is 6.03 Å². The van der Waals surface area contributed by atoms with E-state index in [1.54, 1.807) is 0 Å². The van der Waals surface area contributed by atoms with Crippen LogP contribution < -0.4 is 11.1 Å². The van der Waals surface area contributed by atoms with Gasteiger partial charge < -0.3 is 15.6 Å². The first-order valence-corrected chi connectivity index (χ1v) is 7.46. The Kier molecular flexibility index (Phi) is 5.04. The van der Waals surface area contributed by atoms with Crippen molar-refractivity contribution in [2.75, 3.05) is 5.32 Å². The fraction of sp³-hybridized carbons (Fsp3) is 0.353. The molecule has 0 saturated carbocycles. The molecule has 0 radical (unpaired) electrons. The summed E-state index contributed by atoms with van der Waals surface area (Å²) >= 11 is 0. The predicted octanol–water partition coefficient (Wildman–Crippen LogP) is 3.54. The molecule has 2 aromatic rings. The van der Waals surface area contributed by atoms with E-state index in [1.807, 2.05) is 18.2 Å². The molecule has 0 aliphatic rings. The number of amides is 2. The molecule has 0 spiro atoms. The zero-order valence-electron chi connectivity index (χ0n) is 12.7. The van der Waals surface area contributed by atoms with Crippen LogP contribution in [0.3, 0.4) is 0 Å². The van der Waals surface area contributed by atoms with Crippen LogP contribution in [0.4, 0.5) is 10.5 Å². The summed E-state index contributed by atoms with van der Waals surface area (Å²) in [7, 11) is 0. The van der Waals surface area contributed by atoms with Gasteiger partial charge >= 0.3 is 6.03 Å². The van der Waals surface area contributed by atoms with Crippen molar-refractivity contribution in [3.05, 3.63) is 53.3 Å². The zero-order valence-corrected chi connectivity index (χ0v) is 12.7. The van der Waals surface area contributed by atoms with Gasteiger partial charge in [-0.2, -0.15) is 0 Å². The maximum absolute atomic E-state index is 10.9. The monoisotopic (exact) mass is 285 g/mol. The molecule has 3 N–H and O–H groups in total. The van der Waals surface area contributed by atoms with E-state index in [2.05, 4.69) is 41.9 Å². The number of nitrogens with zero attached hydrogens (tertiary/aromatic N) is 1. The highest BCUT2D eigenvalue weighted by molar-refractivity contribution is 5.87. The maximum atomic E-state index is 10.9. The minimum absolute atomic E-state index is 0.533. The summed E-state index contributed by atoms with van der Waals surface area (Å²) in [6.07, 6.45) is 3.02. The molecule has 2 rings (SSSR count). The number of urea groups is 1. The number of nitrogens with two attached hydrogens (primary N) is 1. The topological polar surface area (TPSA) is 60.1 Å². The number of benzene rings is 1. The minimum Gasteiger partial charge on any atom is -0.351 e. The number of hydrogen-bond acceptors (Lipinski definition) is 1. The highest BCUT2D eigenvalue weighted by atomic mass is 16.2. The molecule has 0 fully saturated rings. The van der Waals surface area contributed by atoms with Crippen LogP contribution >= 0.6 is 0 Å². The Morgan fingerprint density at radius 2 is 1.95 bits per heavy atom. The molecule has 0 bridgehead atoms. The smallest absolute Gasteiger partial charge is 0.316 e. The number of aromatic nitrogens is 1. The quantitative estimate of drug-likeness (QED) is 0.838. The SMILES string of the molecule is CCCn1c(CC)ccc1Cc1cccc(NC(N)=O)c1. The molecular weight excluding hydrogens is 262 g/mol. The average Bonchev–Trinajstić information content (AvgIpc) is 2.81. The second-order valence-electron chi connectivity index (χ2n) is 5.19. The van der Waals surface area contributed by atoms with E-state index in [1.165, 1.54) is 17.0 Å². The fourth-order valence-electron chi connectivity index (χ4n) is 2.64. The lowest BCUT2D eigenvalue weighted by Crippen LogP contribution is -2.19. The first-order valence-electron chi connectivity index (χ1n) is 7.46. The molecule has 1 aromatic carbocycles. The third-order valence-electron chi connectivity index (χ3n) is 3.55. The molecule has 0 aliphatic heterocycles. The van der Waals surface area contributed by atoms with Crippen molar-refractivity contribution >= 4 is 11.7 Å². The van der Waals surface area contributed by atoms with E-state index >= 15 is 0 Å². The van der Waals surface area contributed by atoms with Crippen LogP contribution in [0.2, 0.25) is 0 Å². The molecule has 4 nitrogen and oxygen atoms in total. The van der Waals surface area contributed by atoms with Crippen LogP contribution in [0.25, 0.3) is 0 Å². The van der Waals surface area contributed by atoms with Gasteiger partial charge in [-0.05, 0) is 42.7 Å². The fourth-order valence-corrected chi connectivity index (χ4v) is 2.64. The van der Waals surface area contributed by atoms with Crippen LogP contribution in [0, 0.1) is 0 Å². The van der Waals surface area contributed by atoms with Crippen LogP contribution in [0.1, 0.15) is 37.2 Å². The third-order valence-corrected chi connectivity index (χ3v) is 3.55. The highest BCUT2D eigenvalue weighted by Gasteiger charge is 2.07.